The molecule has 5 nitrogen and oxygen atoms in total. The molecule has 2 heterocycles. The number of amides is 3. The van der Waals surface area contributed by atoms with Crippen molar-refractivity contribution in [2.24, 2.45) is 0 Å². The molecule has 0 unspecified atom stereocenters. The van der Waals surface area contributed by atoms with Gasteiger partial charge in [0.05, 0.1) is 6.54 Å². The third kappa shape index (κ3) is 5.32. The summed E-state index contributed by atoms with van der Waals surface area (Å²) in [6.45, 7) is 5.97. The van der Waals surface area contributed by atoms with Gasteiger partial charge in [0.2, 0.25) is 0 Å². The lowest BCUT2D eigenvalue weighted by molar-refractivity contribution is 0.0951. The number of rotatable bonds is 5. The van der Waals surface area contributed by atoms with E-state index in [0.29, 0.717) is 18.7 Å². The maximum atomic E-state index is 12.5. The summed E-state index contributed by atoms with van der Waals surface area (Å²) in [6, 6.07) is 11.9. The average molecular weight is 386 g/mol. The van der Waals surface area contributed by atoms with E-state index >= 15 is 0 Å². The molecule has 0 saturated carbocycles. The van der Waals surface area contributed by atoms with Crippen molar-refractivity contribution in [2.75, 3.05) is 13.1 Å². The van der Waals surface area contributed by atoms with Crippen LogP contribution in [0.25, 0.3) is 0 Å². The van der Waals surface area contributed by atoms with Crippen LogP contribution in [0.1, 0.15) is 53.4 Å². The first-order valence-corrected chi connectivity index (χ1v) is 10.4. The predicted molar refractivity (Wildman–Crippen MR) is 109 cm³/mol. The van der Waals surface area contributed by atoms with Gasteiger partial charge in [0.25, 0.3) is 5.91 Å². The highest BCUT2D eigenvalue weighted by molar-refractivity contribution is 7.09. The summed E-state index contributed by atoms with van der Waals surface area (Å²) in [6.07, 6.45) is 2.01. The van der Waals surface area contributed by atoms with Gasteiger partial charge < -0.3 is 15.5 Å². The molecule has 1 aromatic carbocycles. The fraction of sp³-hybridized carbons (Fsp3) is 0.429. The van der Waals surface area contributed by atoms with Crippen molar-refractivity contribution >= 4 is 23.3 Å². The first-order valence-electron chi connectivity index (χ1n) is 9.49. The van der Waals surface area contributed by atoms with E-state index in [1.807, 2.05) is 54.5 Å². The smallest absolute Gasteiger partial charge is 0.317 e. The van der Waals surface area contributed by atoms with Gasteiger partial charge in [-0.05, 0) is 55.8 Å². The van der Waals surface area contributed by atoms with Gasteiger partial charge in [-0.2, -0.15) is 0 Å². The van der Waals surface area contributed by atoms with Crippen molar-refractivity contribution < 1.29 is 9.59 Å². The molecular formula is C21H27N3O2S. The molecule has 1 atom stereocenters. The molecule has 144 valence electrons. The molecule has 1 aromatic heterocycles. The normalized spacial score (nSPS) is 17.0. The molecule has 1 aliphatic heterocycles. The lowest BCUT2D eigenvalue weighted by atomic mass is 9.89. The SMILES string of the molecule is CC(C)NC(=O)N1CCC[C@@H](c2cccc(C(=O)NCc3cccs3)c2)C1. The number of benzene rings is 1. The minimum atomic E-state index is -0.0598. The lowest BCUT2D eigenvalue weighted by Gasteiger charge is -2.33. The highest BCUT2D eigenvalue weighted by Crippen LogP contribution is 2.27. The van der Waals surface area contributed by atoms with Crippen molar-refractivity contribution in [1.29, 1.82) is 0 Å². The van der Waals surface area contributed by atoms with Crippen LogP contribution >= 0.6 is 11.3 Å². The number of hydrogen-bond donors (Lipinski definition) is 2. The highest BCUT2D eigenvalue weighted by atomic mass is 32.1. The average Bonchev–Trinajstić information content (AvgIpc) is 3.19. The van der Waals surface area contributed by atoms with Crippen molar-refractivity contribution in [3.63, 3.8) is 0 Å². The summed E-state index contributed by atoms with van der Waals surface area (Å²) in [7, 11) is 0. The van der Waals surface area contributed by atoms with Crippen molar-refractivity contribution in [1.82, 2.24) is 15.5 Å². The fourth-order valence-corrected chi connectivity index (χ4v) is 4.03. The molecular weight excluding hydrogens is 358 g/mol. The number of thiophene rings is 1. The Morgan fingerprint density at radius 1 is 1.26 bits per heavy atom. The van der Waals surface area contributed by atoms with Crippen LogP contribution in [0.3, 0.4) is 0 Å². The molecule has 0 bridgehead atoms. The monoisotopic (exact) mass is 385 g/mol. The van der Waals surface area contributed by atoms with E-state index in [2.05, 4.69) is 16.7 Å². The molecule has 2 aromatic rings. The summed E-state index contributed by atoms with van der Waals surface area (Å²) >= 11 is 1.63. The second kappa shape index (κ2) is 9.04. The number of carbonyl (C=O) groups is 2. The first-order chi connectivity index (χ1) is 13.0. The Balaban J connectivity index is 1.63. The quantitative estimate of drug-likeness (QED) is 0.818. The zero-order valence-corrected chi connectivity index (χ0v) is 16.7. The Bertz CT molecular complexity index is 773. The van der Waals surface area contributed by atoms with Crippen molar-refractivity contribution in [2.45, 2.75) is 45.2 Å². The number of nitrogens with zero attached hydrogens (tertiary/aromatic N) is 1. The van der Waals surface area contributed by atoms with Crippen LogP contribution in [0, 0.1) is 0 Å². The predicted octanol–water partition coefficient (Wildman–Crippen LogP) is 3.98. The summed E-state index contributed by atoms with van der Waals surface area (Å²) in [5.74, 6) is 0.206. The largest absolute Gasteiger partial charge is 0.347 e. The molecule has 1 fully saturated rings. The molecule has 1 aliphatic rings. The van der Waals surface area contributed by atoms with Crippen LogP contribution in [-0.4, -0.2) is 36.0 Å². The van der Waals surface area contributed by atoms with E-state index in [4.69, 9.17) is 0 Å². The van der Waals surface area contributed by atoms with Gasteiger partial charge in [0, 0.05) is 35.5 Å². The number of hydrogen-bond acceptors (Lipinski definition) is 3. The third-order valence-corrected chi connectivity index (χ3v) is 5.62. The Hall–Kier alpha value is -2.34. The summed E-state index contributed by atoms with van der Waals surface area (Å²) in [5.41, 5.74) is 1.80. The molecule has 1 saturated heterocycles. The van der Waals surface area contributed by atoms with Gasteiger partial charge >= 0.3 is 6.03 Å². The summed E-state index contributed by atoms with van der Waals surface area (Å²) in [5, 5.41) is 7.95. The molecule has 3 rings (SSSR count). The standard InChI is InChI=1S/C21H27N3O2S/c1-15(2)23-21(26)24-10-4-8-18(14-24)16-6-3-7-17(12-16)20(25)22-13-19-9-5-11-27-19/h3,5-7,9,11-12,15,18H,4,8,10,13-14H2,1-2H3,(H,22,25)(H,23,26)/t18-/m1/s1. The van der Waals surface area contributed by atoms with Crippen LogP contribution in [0.15, 0.2) is 41.8 Å². The van der Waals surface area contributed by atoms with Crippen LogP contribution in [0.2, 0.25) is 0 Å². The molecule has 0 radical (unpaired) electrons. The Labute approximate surface area is 164 Å². The summed E-state index contributed by atoms with van der Waals surface area (Å²) < 4.78 is 0. The fourth-order valence-electron chi connectivity index (χ4n) is 3.39. The zero-order valence-electron chi connectivity index (χ0n) is 15.9. The Kier molecular flexibility index (Phi) is 6.50. The van der Waals surface area contributed by atoms with Gasteiger partial charge in [0.15, 0.2) is 0 Å². The molecule has 0 spiro atoms. The van der Waals surface area contributed by atoms with Crippen molar-refractivity contribution in [3.05, 3.63) is 57.8 Å². The molecule has 27 heavy (non-hydrogen) atoms. The maximum absolute atomic E-state index is 12.5. The number of piperidine rings is 1. The second-order valence-corrected chi connectivity index (χ2v) is 8.31. The maximum Gasteiger partial charge on any atom is 0.317 e. The van der Waals surface area contributed by atoms with E-state index in [1.165, 1.54) is 0 Å². The topological polar surface area (TPSA) is 61.4 Å². The third-order valence-electron chi connectivity index (χ3n) is 4.74. The van der Waals surface area contributed by atoms with Crippen LogP contribution < -0.4 is 10.6 Å². The van der Waals surface area contributed by atoms with Gasteiger partial charge in [-0.1, -0.05) is 18.2 Å². The second-order valence-electron chi connectivity index (χ2n) is 7.28. The Morgan fingerprint density at radius 3 is 2.85 bits per heavy atom. The molecule has 0 aliphatic carbocycles. The molecule has 3 amide bonds. The first kappa shape index (κ1) is 19.4. The van der Waals surface area contributed by atoms with Crippen LogP contribution in [-0.2, 0) is 6.54 Å². The number of nitrogens with one attached hydrogen (secondary N) is 2. The van der Waals surface area contributed by atoms with Gasteiger partial charge in [-0.3, -0.25) is 4.79 Å². The minimum Gasteiger partial charge on any atom is -0.347 e. The lowest BCUT2D eigenvalue weighted by Crippen LogP contribution is -2.47. The van der Waals surface area contributed by atoms with Crippen molar-refractivity contribution in [3.8, 4) is 0 Å². The van der Waals surface area contributed by atoms with E-state index < -0.39 is 0 Å². The number of urea groups is 1. The van der Waals surface area contributed by atoms with Crippen LogP contribution in [0.5, 0.6) is 0 Å². The molecule has 6 heteroatoms. The van der Waals surface area contributed by atoms with Gasteiger partial charge in [-0.15, -0.1) is 11.3 Å². The van der Waals surface area contributed by atoms with Gasteiger partial charge in [0.1, 0.15) is 0 Å². The highest BCUT2D eigenvalue weighted by Gasteiger charge is 2.25. The number of likely N-dealkylation sites (tertiary alicyclic amines) is 1. The van der Waals surface area contributed by atoms with E-state index in [0.717, 1.165) is 29.8 Å². The Morgan fingerprint density at radius 2 is 2.11 bits per heavy atom. The number of carbonyl (C=O) groups excluding carboxylic acids is 2. The van der Waals surface area contributed by atoms with Gasteiger partial charge in [-0.25, -0.2) is 4.79 Å². The van der Waals surface area contributed by atoms with Crippen LogP contribution in [0.4, 0.5) is 4.79 Å². The molecule has 2 N–H and O–H groups in total. The van der Waals surface area contributed by atoms with E-state index in [1.54, 1.807) is 11.3 Å². The minimum absolute atomic E-state index is 0.000421. The van der Waals surface area contributed by atoms with E-state index in [9.17, 15) is 9.59 Å². The summed E-state index contributed by atoms with van der Waals surface area (Å²) in [4.78, 5) is 27.8. The zero-order chi connectivity index (χ0) is 19.2. The van der Waals surface area contributed by atoms with E-state index in [-0.39, 0.29) is 23.9 Å².